The second-order valence-electron chi connectivity index (χ2n) is 20.2. The minimum absolute atomic E-state index is 0.00698. The van der Waals surface area contributed by atoms with Crippen LogP contribution in [0.2, 0.25) is 0 Å². The summed E-state index contributed by atoms with van der Waals surface area (Å²) in [6, 6.07) is 7.28. The Hall–Kier alpha value is -5.28. The molecule has 1 aromatic rings. The number of imide groups is 1. The van der Waals surface area contributed by atoms with Gasteiger partial charge in [-0.1, -0.05) is 71.4 Å². The molecule has 1 aromatic carbocycles. The number of Topliss-reactive ketones (excluding diaryl/α,β-unsaturated/α-hetero) is 2. The minimum atomic E-state index is -4.18. The first-order valence-electron chi connectivity index (χ1n) is 25.6. The average molecular weight is 1050 g/mol. The molecule has 2 aliphatic rings. The predicted molar refractivity (Wildman–Crippen MR) is 275 cm³/mol. The maximum atomic E-state index is 14.5. The second kappa shape index (κ2) is 29.6. The predicted octanol–water partition coefficient (Wildman–Crippen LogP) is 4.19. The number of methoxy groups -OCH3 is 2. The summed E-state index contributed by atoms with van der Waals surface area (Å²) in [4.78, 5) is 122. The van der Waals surface area contributed by atoms with Crippen molar-refractivity contribution in [1.82, 2.24) is 29.4 Å². The van der Waals surface area contributed by atoms with Crippen molar-refractivity contribution in [2.24, 2.45) is 28.7 Å². The van der Waals surface area contributed by atoms with Crippen molar-refractivity contribution in [3.05, 3.63) is 35.9 Å². The number of hydrogen-bond acceptors (Lipinski definition) is 14. The lowest BCUT2D eigenvalue weighted by Gasteiger charge is -2.40. The number of likely N-dealkylation sites (tertiary alicyclic amines) is 1. The van der Waals surface area contributed by atoms with Crippen LogP contribution in [0.25, 0.3) is 0 Å². The fraction of sp³-hybridized carbons (Fsp3) is 0.712. The highest BCUT2D eigenvalue weighted by molar-refractivity contribution is 7.90. The summed E-state index contributed by atoms with van der Waals surface area (Å²) < 4.78 is 40.7. The molecule has 410 valence electrons. The number of rotatable bonds is 30. The lowest BCUT2D eigenvalue weighted by molar-refractivity contribution is -0.197. The molecule has 0 spiro atoms. The summed E-state index contributed by atoms with van der Waals surface area (Å²) in [5.41, 5.74) is 0.719. The van der Waals surface area contributed by atoms with E-state index >= 15 is 0 Å². The minimum Gasteiger partial charge on any atom is -0.379 e. The number of nitrogens with zero attached hydrogens (tertiary/aromatic N) is 6. The molecule has 0 aromatic heterocycles. The first-order valence-corrected chi connectivity index (χ1v) is 27.3. The standard InChI is InChI=1S/C52H83N7O13S/c1-13-35(4)48(57(10)51(67)47(34(2)3)53-52(55(6)7)56(8)9)42(70-11)33-45(64)58-29-20-25-40(58)49(71-12)36(5)41(61)32-38(31-37-21-15-14-16-22-37)50(66)54-73(68,69)30-18-17-23-39(60)24-19-26-46(65)72-59-43(62)27-28-44(59)63/h14-16,21-22,34-36,38,40,42,47-49H,13,17-20,23-33H2,1-12H3,(H,54,66)/t35-,36-,38+,40-,42+,47-,48-,49+/m0/s1. The molecule has 0 aliphatic carbocycles. The molecular formula is C52H83N7O13S. The SMILES string of the molecule is CC[C@H](C)[C@@H]([C@@H](CC(=O)N1CCC[C@H]1[C@H](OC)[C@@H](C)C(=O)C[C@@H](Cc1ccccc1)C(=O)NS(=O)(=O)CCCCC(=O)CCCC(=O)ON1C(=O)CCC1=O)OC)N(C)C(=O)[C@@H](N=C(N(C)C)N(C)C)C(C)C. The van der Waals surface area contributed by atoms with Crippen molar-refractivity contribution in [3.8, 4) is 0 Å². The highest BCUT2D eigenvalue weighted by Gasteiger charge is 2.43. The van der Waals surface area contributed by atoms with E-state index in [1.54, 1.807) is 61.2 Å². The summed E-state index contributed by atoms with van der Waals surface area (Å²) in [5.74, 6) is -5.67. The summed E-state index contributed by atoms with van der Waals surface area (Å²) in [7, 11) is 8.08. The van der Waals surface area contributed by atoms with Crippen molar-refractivity contribution < 1.29 is 61.1 Å². The number of unbranched alkanes of at least 4 members (excludes halogenated alkanes) is 1. The van der Waals surface area contributed by atoms with E-state index in [9.17, 15) is 46.8 Å². The zero-order chi connectivity index (χ0) is 54.7. The highest BCUT2D eigenvalue weighted by atomic mass is 32.2. The maximum absolute atomic E-state index is 14.5. The van der Waals surface area contributed by atoms with Gasteiger partial charge in [0.15, 0.2) is 5.96 Å². The zero-order valence-corrected chi connectivity index (χ0v) is 46.1. The molecule has 0 saturated carbocycles. The molecule has 21 heteroatoms. The third kappa shape index (κ3) is 18.6. The summed E-state index contributed by atoms with van der Waals surface area (Å²) in [5, 5.41) is 0.445. The van der Waals surface area contributed by atoms with E-state index in [-0.39, 0.29) is 106 Å². The van der Waals surface area contributed by atoms with Gasteiger partial charge in [0.05, 0.1) is 36.5 Å². The van der Waals surface area contributed by atoms with Gasteiger partial charge < -0.3 is 33.9 Å². The monoisotopic (exact) mass is 1050 g/mol. The molecule has 5 amide bonds. The van der Waals surface area contributed by atoms with Crippen LogP contribution in [-0.2, 0) is 69.1 Å². The molecular weight excluding hydrogens is 963 g/mol. The van der Waals surface area contributed by atoms with Gasteiger partial charge in [0, 0.05) is 106 Å². The average Bonchev–Trinajstić information content (AvgIpc) is 3.95. The lowest BCUT2D eigenvalue weighted by Crippen LogP contribution is -2.55. The number of hydroxylamine groups is 2. The zero-order valence-electron chi connectivity index (χ0n) is 45.3. The van der Waals surface area contributed by atoms with E-state index < -0.39 is 81.6 Å². The highest BCUT2D eigenvalue weighted by Crippen LogP contribution is 2.31. The van der Waals surface area contributed by atoms with E-state index in [4.69, 9.17) is 19.3 Å². The van der Waals surface area contributed by atoms with Gasteiger partial charge in [0.1, 0.15) is 17.6 Å². The van der Waals surface area contributed by atoms with Crippen molar-refractivity contribution >= 4 is 63.1 Å². The molecule has 2 aliphatic heterocycles. The van der Waals surface area contributed by atoms with Crippen molar-refractivity contribution in [2.75, 3.05) is 61.8 Å². The fourth-order valence-electron chi connectivity index (χ4n) is 9.64. The number of carbonyl (C=O) groups is 8. The number of amides is 5. The van der Waals surface area contributed by atoms with Crippen molar-refractivity contribution in [3.63, 3.8) is 0 Å². The lowest BCUT2D eigenvalue weighted by atomic mass is 9.85. The van der Waals surface area contributed by atoms with Crippen molar-refractivity contribution in [2.45, 2.75) is 155 Å². The normalized spacial score (nSPS) is 17.8. The number of guanidine groups is 1. The van der Waals surface area contributed by atoms with Gasteiger partial charge in [0.25, 0.3) is 11.8 Å². The Morgan fingerprint density at radius 3 is 2.01 bits per heavy atom. The Labute approximate surface area is 433 Å². The molecule has 3 rings (SSSR count). The molecule has 0 radical (unpaired) electrons. The molecule has 1 N–H and O–H groups in total. The molecule has 8 atom stereocenters. The van der Waals surface area contributed by atoms with Gasteiger partial charge in [-0.05, 0) is 55.9 Å². The summed E-state index contributed by atoms with van der Waals surface area (Å²) in [6.45, 7) is 10.1. The van der Waals surface area contributed by atoms with E-state index in [0.717, 1.165) is 5.56 Å². The van der Waals surface area contributed by atoms with E-state index in [1.807, 2.05) is 65.7 Å². The first kappa shape index (κ1) is 62.0. The van der Waals surface area contributed by atoms with E-state index in [0.29, 0.717) is 36.8 Å². The van der Waals surface area contributed by atoms with Gasteiger partial charge in [-0.15, -0.1) is 5.06 Å². The van der Waals surface area contributed by atoms with Gasteiger partial charge in [-0.3, -0.25) is 38.3 Å². The molecule has 2 fully saturated rings. The van der Waals surface area contributed by atoms with Crippen LogP contribution in [0, 0.1) is 23.7 Å². The van der Waals surface area contributed by atoms with Crippen LogP contribution in [0.4, 0.5) is 0 Å². The number of likely N-dealkylation sites (N-methyl/N-ethyl adjacent to an activating group) is 1. The van der Waals surface area contributed by atoms with Crippen LogP contribution < -0.4 is 4.72 Å². The second-order valence-corrected chi connectivity index (χ2v) is 22.1. The number of ether oxygens (including phenoxy) is 2. The Morgan fingerprint density at radius 2 is 1.45 bits per heavy atom. The molecule has 2 saturated heterocycles. The van der Waals surface area contributed by atoms with Crippen molar-refractivity contribution in [1.29, 1.82) is 0 Å². The Balaban J connectivity index is 1.68. The largest absolute Gasteiger partial charge is 0.379 e. The molecule has 73 heavy (non-hydrogen) atoms. The van der Waals surface area contributed by atoms with Crippen LogP contribution in [0.15, 0.2) is 35.3 Å². The Morgan fingerprint density at radius 1 is 0.836 bits per heavy atom. The number of benzene rings is 1. The van der Waals surface area contributed by atoms with Crippen LogP contribution in [0.5, 0.6) is 0 Å². The maximum Gasteiger partial charge on any atom is 0.333 e. The van der Waals surface area contributed by atoms with Crippen LogP contribution in [0.3, 0.4) is 0 Å². The van der Waals surface area contributed by atoms with Crippen LogP contribution in [0.1, 0.15) is 124 Å². The van der Waals surface area contributed by atoms with Crippen LogP contribution in [-0.4, -0.2) is 178 Å². The van der Waals surface area contributed by atoms with Gasteiger partial charge in [-0.25, -0.2) is 18.2 Å². The molecule has 2 heterocycles. The summed E-state index contributed by atoms with van der Waals surface area (Å²) in [6.07, 6.45) is 0.376. The molecule has 20 nitrogen and oxygen atoms in total. The summed E-state index contributed by atoms with van der Waals surface area (Å²) >= 11 is 0. The fourth-order valence-corrected chi connectivity index (χ4v) is 10.8. The third-order valence-corrected chi connectivity index (χ3v) is 15.2. The van der Waals surface area contributed by atoms with E-state index in [1.165, 1.54) is 7.11 Å². The smallest absolute Gasteiger partial charge is 0.333 e. The number of hydrogen-bond donors (Lipinski definition) is 1. The third-order valence-electron chi connectivity index (χ3n) is 13.8. The number of ketones is 2. The molecule has 0 unspecified atom stereocenters. The van der Waals surface area contributed by atoms with Gasteiger partial charge in [0.2, 0.25) is 27.7 Å². The van der Waals surface area contributed by atoms with Gasteiger partial charge in [-0.2, -0.15) is 0 Å². The van der Waals surface area contributed by atoms with E-state index in [2.05, 4.69) is 4.72 Å². The molecule has 0 bridgehead atoms. The number of aliphatic imine (C=N–C) groups is 1. The number of sulfonamides is 1. The topological polar surface area (TPSA) is 239 Å². The number of nitrogens with one attached hydrogen (secondary N) is 1. The Bertz CT molecular complexity index is 2160. The Kier molecular flexibility index (Phi) is 25.1. The first-order chi connectivity index (χ1) is 34.4. The van der Waals surface area contributed by atoms with Gasteiger partial charge >= 0.3 is 5.97 Å². The quantitative estimate of drug-likeness (QED) is 0.0492. The van der Waals surface area contributed by atoms with Crippen LogP contribution >= 0.6 is 0 Å². The number of carbonyl (C=O) groups excluding carboxylic acids is 8.